The summed E-state index contributed by atoms with van der Waals surface area (Å²) in [5.41, 5.74) is 3.48. The van der Waals surface area contributed by atoms with Gasteiger partial charge in [0.15, 0.2) is 0 Å². The van der Waals surface area contributed by atoms with E-state index in [2.05, 4.69) is 4.72 Å². The summed E-state index contributed by atoms with van der Waals surface area (Å²) in [6.45, 7) is 4.00. The van der Waals surface area contributed by atoms with E-state index in [-0.39, 0.29) is 22.6 Å². The van der Waals surface area contributed by atoms with Gasteiger partial charge in [0.25, 0.3) is 15.9 Å². The van der Waals surface area contributed by atoms with Gasteiger partial charge in [-0.3, -0.25) is 14.4 Å². The van der Waals surface area contributed by atoms with E-state index in [9.17, 15) is 26.4 Å². The van der Waals surface area contributed by atoms with Crippen LogP contribution in [0.3, 0.4) is 0 Å². The zero-order valence-electron chi connectivity index (χ0n) is 25.0. The van der Waals surface area contributed by atoms with Gasteiger partial charge in [0.05, 0.1) is 21.7 Å². The van der Waals surface area contributed by atoms with Crippen molar-refractivity contribution < 1.29 is 26.4 Å². The van der Waals surface area contributed by atoms with E-state index in [1.165, 1.54) is 23.1 Å². The van der Waals surface area contributed by atoms with Crippen LogP contribution in [0.1, 0.15) is 44.3 Å². The Morgan fingerprint density at radius 1 is 0.761 bits per heavy atom. The summed E-state index contributed by atoms with van der Waals surface area (Å²) in [6, 6.07) is 32.6. The molecule has 0 fully saturated rings. The number of anilines is 3. The molecular formula is C36H30F3N3O3S. The van der Waals surface area contributed by atoms with Crippen LogP contribution < -0.4 is 14.5 Å². The molecule has 5 aromatic rings. The first kappa shape index (κ1) is 30.9. The number of alkyl halides is 3. The summed E-state index contributed by atoms with van der Waals surface area (Å²) in [5.74, 6) is -0.544. The number of hydrogen-bond donors (Lipinski definition) is 1. The average Bonchev–Trinajstić information content (AvgIpc) is 3.04. The molecule has 0 aliphatic carbocycles. The first-order chi connectivity index (χ1) is 21.9. The minimum atomic E-state index is -4.60. The van der Waals surface area contributed by atoms with Gasteiger partial charge in [0.2, 0.25) is 0 Å². The van der Waals surface area contributed by atoms with Crippen LogP contribution in [0.4, 0.5) is 30.2 Å². The lowest BCUT2D eigenvalue weighted by Gasteiger charge is -2.46. The number of halogens is 3. The molecule has 46 heavy (non-hydrogen) atoms. The van der Waals surface area contributed by atoms with Crippen LogP contribution in [0.25, 0.3) is 0 Å². The van der Waals surface area contributed by atoms with Crippen molar-refractivity contribution in [1.82, 2.24) is 0 Å². The molecule has 10 heteroatoms. The lowest BCUT2D eigenvalue weighted by atomic mass is 9.97. The Kier molecular flexibility index (Phi) is 8.08. The number of sulfonamides is 1. The number of nitrogens with zero attached hydrogens (tertiary/aromatic N) is 2. The summed E-state index contributed by atoms with van der Waals surface area (Å²) < 4.78 is 71.4. The number of amides is 1. The SMILES string of the molecule is Cc1ccc(NS(=O)(=O)c2ccc3c(c2)C(=O)N(c2ccc(C)cc2)[C@@H](c2cccc(C(F)(F)F)c2)N3Cc2ccccc2)cc1. The van der Waals surface area contributed by atoms with E-state index in [0.717, 1.165) is 28.8 Å². The van der Waals surface area contributed by atoms with Crippen LogP contribution in [0.2, 0.25) is 0 Å². The minimum absolute atomic E-state index is 0.103. The molecule has 0 spiro atoms. The molecule has 0 radical (unpaired) electrons. The molecule has 6 rings (SSSR count). The van der Waals surface area contributed by atoms with Crippen molar-refractivity contribution in [3.8, 4) is 0 Å². The molecule has 0 saturated heterocycles. The summed E-state index contributed by atoms with van der Waals surface area (Å²) in [4.78, 5) is 17.7. The van der Waals surface area contributed by atoms with Crippen LogP contribution >= 0.6 is 0 Å². The largest absolute Gasteiger partial charge is 0.416 e. The Hall–Kier alpha value is -5.09. The number of rotatable bonds is 7. The van der Waals surface area contributed by atoms with Crippen molar-refractivity contribution in [2.45, 2.75) is 37.6 Å². The second-order valence-electron chi connectivity index (χ2n) is 11.3. The number of fused-ring (bicyclic) bond motifs is 1. The smallest absolute Gasteiger partial charge is 0.342 e. The van der Waals surface area contributed by atoms with Crippen molar-refractivity contribution in [2.75, 3.05) is 14.5 Å². The fourth-order valence-corrected chi connectivity index (χ4v) is 6.66. The molecule has 234 valence electrons. The molecule has 0 saturated carbocycles. The normalized spacial score (nSPS) is 15.1. The Morgan fingerprint density at radius 3 is 2.07 bits per heavy atom. The molecule has 1 aliphatic heterocycles. The molecular weight excluding hydrogens is 611 g/mol. The molecule has 1 atom stereocenters. The highest BCUT2D eigenvalue weighted by Crippen LogP contribution is 2.44. The van der Waals surface area contributed by atoms with E-state index in [0.29, 0.717) is 17.1 Å². The molecule has 1 amide bonds. The molecule has 1 heterocycles. The van der Waals surface area contributed by atoms with Crippen molar-refractivity contribution >= 4 is 33.0 Å². The predicted octanol–water partition coefficient (Wildman–Crippen LogP) is 8.49. The van der Waals surface area contributed by atoms with Crippen molar-refractivity contribution in [1.29, 1.82) is 0 Å². The lowest BCUT2D eigenvalue weighted by Crippen LogP contribution is -2.49. The summed E-state index contributed by atoms with van der Waals surface area (Å²) >= 11 is 0. The predicted molar refractivity (Wildman–Crippen MR) is 173 cm³/mol. The molecule has 0 aromatic heterocycles. The van der Waals surface area contributed by atoms with Gasteiger partial charge in [-0.1, -0.05) is 77.9 Å². The van der Waals surface area contributed by atoms with Gasteiger partial charge < -0.3 is 4.90 Å². The minimum Gasteiger partial charge on any atom is -0.342 e. The van der Waals surface area contributed by atoms with E-state index in [1.54, 1.807) is 48.5 Å². The number of nitrogens with one attached hydrogen (secondary N) is 1. The van der Waals surface area contributed by atoms with Crippen molar-refractivity contribution in [3.05, 3.63) is 155 Å². The van der Waals surface area contributed by atoms with Crippen LogP contribution in [-0.4, -0.2) is 14.3 Å². The first-order valence-corrected chi connectivity index (χ1v) is 16.0. The Bertz CT molecular complexity index is 2000. The maximum atomic E-state index is 14.5. The van der Waals surface area contributed by atoms with Crippen molar-refractivity contribution in [2.24, 2.45) is 0 Å². The van der Waals surface area contributed by atoms with E-state index in [1.807, 2.05) is 61.2 Å². The number of carbonyl (C=O) groups excluding carboxylic acids is 1. The zero-order valence-corrected chi connectivity index (χ0v) is 25.8. The Balaban J connectivity index is 1.54. The molecule has 6 nitrogen and oxygen atoms in total. The quantitative estimate of drug-likeness (QED) is 0.194. The van der Waals surface area contributed by atoms with Gasteiger partial charge in [-0.2, -0.15) is 13.2 Å². The topological polar surface area (TPSA) is 69.7 Å². The van der Waals surface area contributed by atoms with Crippen LogP contribution in [0, 0.1) is 13.8 Å². The lowest BCUT2D eigenvalue weighted by molar-refractivity contribution is -0.137. The number of hydrogen-bond acceptors (Lipinski definition) is 4. The third kappa shape index (κ3) is 6.21. The maximum absolute atomic E-state index is 14.5. The molecule has 0 unspecified atom stereocenters. The molecule has 5 aromatic carbocycles. The average molecular weight is 642 g/mol. The Morgan fingerprint density at radius 2 is 1.41 bits per heavy atom. The molecule has 1 N–H and O–H groups in total. The van der Waals surface area contributed by atoms with Gasteiger partial charge in [-0.25, -0.2) is 8.42 Å². The third-order valence-corrected chi connectivity index (χ3v) is 9.28. The van der Waals surface area contributed by atoms with Gasteiger partial charge in [-0.05, 0) is 79.6 Å². The van der Waals surface area contributed by atoms with E-state index >= 15 is 0 Å². The third-order valence-electron chi connectivity index (χ3n) is 7.90. The van der Waals surface area contributed by atoms with Crippen LogP contribution in [-0.2, 0) is 22.7 Å². The molecule has 1 aliphatic rings. The highest BCUT2D eigenvalue weighted by Gasteiger charge is 2.41. The summed E-state index contributed by atoms with van der Waals surface area (Å²) in [6.07, 6.45) is -5.59. The van der Waals surface area contributed by atoms with Gasteiger partial charge >= 0.3 is 6.18 Å². The van der Waals surface area contributed by atoms with E-state index in [4.69, 9.17) is 0 Å². The van der Waals surface area contributed by atoms with E-state index < -0.39 is 33.8 Å². The second-order valence-corrected chi connectivity index (χ2v) is 13.0. The van der Waals surface area contributed by atoms with Crippen LogP contribution in [0.5, 0.6) is 0 Å². The van der Waals surface area contributed by atoms with Gasteiger partial charge in [-0.15, -0.1) is 0 Å². The number of benzene rings is 5. The van der Waals surface area contributed by atoms with Gasteiger partial charge in [0, 0.05) is 17.9 Å². The highest BCUT2D eigenvalue weighted by atomic mass is 32.2. The summed E-state index contributed by atoms with van der Waals surface area (Å²) in [7, 11) is -4.10. The highest BCUT2D eigenvalue weighted by molar-refractivity contribution is 7.92. The number of aryl methyl sites for hydroxylation is 2. The zero-order chi connectivity index (χ0) is 32.6. The Labute approximate surface area is 265 Å². The van der Waals surface area contributed by atoms with Gasteiger partial charge in [0.1, 0.15) is 6.17 Å². The fourth-order valence-electron chi connectivity index (χ4n) is 5.57. The molecule has 0 bridgehead atoms. The van der Waals surface area contributed by atoms with Crippen molar-refractivity contribution in [3.63, 3.8) is 0 Å². The second kappa shape index (κ2) is 12.0. The standard InChI is InChI=1S/C36H30F3N3O3S/c1-24-11-15-29(16-12-24)40-46(44,45)31-19-20-33-32(22-31)35(43)42(30-17-13-25(2)14-18-30)34(41(33)23-26-7-4-3-5-8-26)27-9-6-10-28(21-27)36(37,38)39/h3-22,34,40H,23H2,1-2H3/t34-/m0/s1. The monoisotopic (exact) mass is 641 g/mol. The fraction of sp³-hybridized carbons (Fsp3) is 0.139. The summed E-state index contributed by atoms with van der Waals surface area (Å²) in [5, 5.41) is 0. The maximum Gasteiger partial charge on any atom is 0.416 e. The first-order valence-electron chi connectivity index (χ1n) is 14.5. The van der Waals surface area contributed by atoms with Crippen LogP contribution in [0.15, 0.2) is 126 Å². The number of carbonyl (C=O) groups is 1.